The fraction of sp³-hybridized carbons (Fsp3) is 0.344. The zero-order valence-corrected chi connectivity index (χ0v) is 24.3. The van der Waals surface area contributed by atoms with Crippen LogP contribution in [0.1, 0.15) is 62.1 Å². The van der Waals surface area contributed by atoms with E-state index < -0.39 is 60.4 Å². The van der Waals surface area contributed by atoms with E-state index in [9.17, 15) is 32.8 Å². The minimum atomic E-state index is -2.82. The highest BCUT2D eigenvalue weighted by Gasteiger charge is 2.44. The minimum Gasteiger partial charge on any atom is -0.351 e. The van der Waals surface area contributed by atoms with Crippen LogP contribution in [0.25, 0.3) is 0 Å². The van der Waals surface area contributed by atoms with Crippen molar-refractivity contribution in [3.8, 4) is 6.07 Å². The van der Waals surface area contributed by atoms with Crippen LogP contribution in [0.3, 0.4) is 0 Å². The number of hydrogen-bond donors (Lipinski definition) is 1. The molecule has 0 radical (unpaired) electrons. The summed E-state index contributed by atoms with van der Waals surface area (Å²) in [6.07, 6.45) is 1.33. The molecule has 3 aromatic rings. The van der Waals surface area contributed by atoms with E-state index in [1.807, 2.05) is 6.07 Å². The van der Waals surface area contributed by atoms with Crippen LogP contribution in [0.2, 0.25) is 5.02 Å². The van der Waals surface area contributed by atoms with E-state index in [1.165, 1.54) is 41.4 Å². The van der Waals surface area contributed by atoms with E-state index in [-0.39, 0.29) is 53.3 Å². The van der Waals surface area contributed by atoms with Crippen molar-refractivity contribution in [2.24, 2.45) is 0 Å². The van der Waals surface area contributed by atoms with Crippen molar-refractivity contribution in [3.63, 3.8) is 0 Å². The molecule has 2 aliphatic rings. The molecule has 2 aromatic carbocycles. The van der Waals surface area contributed by atoms with Crippen molar-refractivity contribution < 1.29 is 27.6 Å². The number of hydrogen-bond acceptors (Lipinski definition) is 5. The fourth-order valence-corrected chi connectivity index (χ4v) is 6.00. The van der Waals surface area contributed by atoms with E-state index in [1.54, 1.807) is 24.3 Å². The zero-order chi connectivity index (χ0) is 31.4. The predicted octanol–water partition coefficient (Wildman–Crippen LogP) is 6.10. The molecule has 0 spiro atoms. The molecule has 1 saturated carbocycles. The number of amides is 3. The fourth-order valence-electron chi connectivity index (χ4n) is 5.76. The average molecular weight is 624 g/mol. The first-order valence-electron chi connectivity index (χ1n) is 14.3. The molecule has 3 amide bonds. The standard InChI is InChI=1S/C32H29ClF3N5O3/c33-25-8-2-1-7-24(25)29(30(43)39-22-11-14-32(35,36)15-12-22)40(23-6-3-5-21(34)18-23)31(44)26-9-4-10-28(42)41(26)27-17-20(19-37)13-16-38-27/h1-3,5-8,13,16-18,22,26,29H,4,9-12,14-15H2,(H,39,43). The molecule has 2 unspecified atom stereocenters. The first kappa shape index (κ1) is 31.0. The Kier molecular flexibility index (Phi) is 9.20. The van der Waals surface area contributed by atoms with Gasteiger partial charge in [-0.1, -0.05) is 35.9 Å². The minimum absolute atomic E-state index is 0.0296. The first-order valence-corrected chi connectivity index (χ1v) is 14.7. The van der Waals surface area contributed by atoms with E-state index >= 15 is 0 Å². The summed E-state index contributed by atoms with van der Waals surface area (Å²) in [4.78, 5) is 48.7. The molecule has 1 aliphatic carbocycles. The molecule has 2 heterocycles. The number of nitrogens with one attached hydrogen (secondary N) is 1. The molecule has 1 saturated heterocycles. The third-order valence-electron chi connectivity index (χ3n) is 7.95. The van der Waals surface area contributed by atoms with Crippen LogP contribution in [0.15, 0.2) is 66.9 Å². The Bertz CT molecular complexity index is 1600. The first-order chi connectivity index (χ1) is 21.1. The van der Waals surface area contributed by atoms with Gasteiger partial charge in [0, 0.05) is 47.8 Å². The Morgan fingerprint density at radius 3 is 2.55 bits per heavy atom. The molecule has 2 atom stereocenters. The van der Waals surface area contributed by atoms with Gasteiger partial charge in [-0.25, -0.2) is 18.2 Å². The quantitative estimate of drug-likeness (QED) is 0.342. The molecule has 12 heteroatoms. The number of aromatic nitrogens is 1. The van der Waals surface area contributed by atoms with Gasteiger partial charge in [-0.3, -0.25) is 24.2 Å². The largest absolute Gasteiger partial charge is 0.351 e. The van der Waals surface area contributed by atoms with Crippen molar-refractivity contribution in [2.45, 2.75) is 69.0 Å². The number of rotatable bonds is 7. The molecule has 44 heavy (non-hydrogen) atoms. The number of nitrogens with zero attached hydrogens (tertiary/aromatic N) is 4. The summed E-state index contributed by atoms with van der Waals surface area (Å²) in [5.41, 5.74) is 0.485. The zero-order valence-electron chi connectivity index (χ0n) is 23.6. The second kappa shape index (κ2) is 13.1. The van der Waals surface area contributed by atoms with Gasteiger partial charge in [-0.05, 0) is 62.1 Å². The molecule has 0 bridgehead atoms. The maximum atomic E-state index is 14.7. The van der Waals surface area contributed by atoms with Crippen molar-refractivity contribution in [3.05, 3.63) is 88.8 Å². The molecule has 8 nitrogen and oxygen atoms in total. The van der Waals surface area contributed by atoms with Crippen molar-refractivity contribution in [1.82, 2.24) is 10.3 Å². The molecule has 1 aromatic heterocycles. The lowest BCUT2D eigenvalue weighted by Crippen LogP contribution is -2.57. The summed E-state index contributed by atoms with van der Waals surface area (Å²) in [6, 6.07) is 13.2. The van der Waals surface area contributed by atoms with E-state index in [0.29, 0.717) is 6.42 Å². The Morgan fingerprint density at radius 1 is 1.09 bits per heavy atom. The molecule has 1 aliphatic heterocycles. The highest BCUT2D eigenvalue weighted by molar-refractivity contribution is 6.31. The smallest absolute Gasteiger partial charge is 0.251 e. The summed E-state index contributed by atoms with van der Waals surface area (Å²) in [6.45, 7) is 0. The third-order valence-corrected chi connectivity index (χ3v) is 8.29. The van der Waals surface area contributed by atoms with Crippen molar-refractivity contribution in [1.29, 1.82) is 5.26 Å². The van der Waals surface area contributed by atoms with Gasteiger partial charge in [0.05, 0.1) is 11.6 Å². The average Bonchev–Trinajstić information content (AvgIpc) is 3.01. The number of alkyl halides is 2. The molecule has 1 N–H and O–H groups in total. The van der Waals surface area contributed by atoms with E-state index in [4.69, 9.17) is 11.6 Å². The molecular weight excluding hydrogens is 595 g/mol. The number of nitriles is 1. The maximum absolute atomic E-state index is 14.7. The second-order valence-corrected chi connectivity index (χ2v) is 11.3. The van der Waals surface area contributed by atoms with Crippen LogP contribution < -0.4 is 15.1 Å². The van der Waals surface area contributed by atoms with Gasteiger partial charge >= 0.3 is 0 Å². The van der Waals surface area contributed by atoms with Gasteiger partial charge in [-0.15, -0.1) is 0 Å². The summed E-state index contributed by atoms with van der Waals surface area (Å²) >= 11 is 6.58. The van der Waals surface area contributed by atoms with Gasteiger partial charge in [0.15, 0.2) is 0 Å². The van der Waals surface area contributed by atoms with Crippen LogP contribution >= 0.6 is 11.6 Å². The summed E-state index contributed by atoms with van der Waals surface area (Å²) in [5.74, 6) is -5.20. The number of piperidine rings is 1. The molecule has 5 rings (SSSR count). The Morgan fingerprint density at radius 2 is 1.84 bits per heavy atom. The van der Waals surface area contributed by atoms with Gasteiger partial charge in [0.25, 0.3) is 5.91 Å². The second-order valence-electron chi connectivity index (χ2n) is 10.9. The molecular formula is C32H29ClF3N5O3. The number of carbonyl (C=O) groups excluding carboxylic acids is 3. The van der Waals surface area contributed by atoms with Crippen LogP contribution in [0.5, 0.6) is 0 Å². The Labute approximate surface area is 257 Å². The number of halogens is 4. The van der Waals surface area contributed by atoms with Crippen LogP contribution in [0.4, 0.5) is 24.7 Å². The summed E-state index contributed by atoms with van der Waals surface area (Å²) in [7, 11) is 0. The SMILES string of the molecule is N#Cc1ccnc(N2C(=O)CCCC2C(=O)N(c2cccc(F)c2)C(C(=O)NC2CCC(F)(F)CC2)c2ccccc2Cl)c1. The number of carbonyl (C=O) groups is 3. The highest BCUT2D eigenvalue weighted by atomic mass is 35.5. The molecule has 2 fully saturated rings. The van der Waals surface area contributed by atoms with Gasteiger partial charge in [-0.2, -0.15) is 5.26 Å². The lowest BCUT2D eigenvalue weighted by Gasteiger charge is -2.40. The van der Waals surface area contributed by atoms with Gasteiger partial charge in [0.1, 0.15) is 23.7 Å². The van der Waals surface area contributed by atoms with E-state index in [0.717, 1.165) is 11.0 Å². The van der Waals surface area contributed by atoms with Crippen LogP contribution in [-0.4, -0.2) is 40.7 Å². The lowest BCUT2D eigenvalue weighted by atomic mass is 9.91. The summed E-state index contributed by atoms with van der Waals surface area (Å²) < 4.78 is 42.4. The Balaban J connectivity index is 1.61. The lowest BCUT2D eigenvalue weighted by molar-refractivity contribution is -0.130. The maximum Gasteiger partial charge on any atom is 0.251 e. The molecule has 228 valence electrons. The number of benzene rings is 2. The normalized spacial score (nSPS) is 19.1. The van der Waals surface area contributed by atoms with Crippen LogP contribution in [0, 0.1) is 17.1 Å². The van der Waals surface area contributed by atoms with Gasteiger partial charge in [0.2, 0.25) is 17.7 Å². The predicted molar refractivity (Wildman–Crippen MR) is 158 cm³/mol. The monoisotopic (exact) mass is 623 g/mol. The van der Waals surface area contributed by atoms with E-state index in [2.05, 4.69) is 10.3 Å². The summed E-state index contributed by atoms with van der Waals surface area (Å²) in [5, 5.41) is 12.4. The topological polar surface area (TPSA) is 106 Å². The highest BCUT2D eigenvalue weighted by Crippen LogP contribution is 2.37. The Hall–Kier alpha value is -4.43. The number of pyridine rings is 1. The van der Waals surface area contributed by atoms with Gasteiger partial charge < -0.3 is 5.32 Å². The number of anilines is 2. The van der Waals surface area contributed by atoms with Crippen molar-refractivity contribution >= 4 is 40.8 Å². The van der Waals surface area contributed by atoms with Crippen LogP contribution in [-0.2, 0) is 14.4 Å². The van der Waals surface area contributed by atoms with Crippen molar-refractivity contribution in [2.75, 3.05) is 9.80 Å². The third kappa shape index (κ3) is 6.70.